The lowest BCUT2D eigenvalue weighted by Crippen LogP contribution is -2.11. The Bertz CT molecular complexity index is 418. The maximum absolute atomic E-state index is 12.8. The standard InChI is InChI=1S/C11H10ClFO3/c1-2-16-11(15)6-10(14)7-3-4-9(13)8(12)5-7/h3-5H,2,6H2,1H3. The van der Waals surface area contributed by atoms with Crippen LogP contribution in [-0.2, 0) is 9.53 Å². The van der Waals surface area contributed by atoms with Crippen LogP contribution in [0, 0.1) is 5.82 Å². The first-order chi connectivity index (χ1) is 7.54. The van der Waals surface area contributed by atoms with Crippen LogP contribution in [0.3, 0.4) is 0 Å². The molecular weight excluding hydrogens is 235 g/mol. The lowest BCUT2D eigenvalue weighted by molar-refractivity contribution is -0.141. The predicted molar refractivity (Wildman–Crippen MR) is 57.0 cm³/mol. The van der Waals surface area contributed by atoms with Gasteiger partial charge in [-0.1, -0.05) is 11.6 Å². The average molecular weight is 245 g/mol. The van der Waals surface area contributed by atoms with Crippen molar-refractivity contribution in [3.63, 3.8) is 0 Å². The van der Waals surface area contributed by atoms with Crippen molar-refractivity contribution in [1.29, 1.82) is 0 Å². The summed E-state index contributed by atoms with van der Waals surface area (Å²) in [6, 6.07) is 3.56. The highest BCUT2D eigenvalue weighted by Gasteiger charge is 2.13. The maximum Gasteiger partial charge on any atom is 0.313 e. The van der Waals surface area contributed by atoms with Crippen molar-refractivity contribution in [2.45, 2.75) is 13.3 Å². The molecule has 0 aromatic heterocycles. The van der Waals surface area contributed by atoms with Gasteiger partial charge in [-0.15, -0.1) is 0 Å². The molecule has 0 atom stereocenters. The van der Waals surface area contributed by atoms with E-state index in [2.05, 4.69) is 4.74 Å². The molecule has 0 radical (unpaired) electrons. The van der Waals surface area contributed by atoms with Crippen LogP contribution in [-0.4, -0.2) is 18.4 Å². The molecule has 0 spiro atoms. The monoisotopic (exact) mass is 244 g/mol. The van der Waals surface area contributed by atoms with Crippen LogP contribution >= 0.6 is 11.6 Å². The first-order valence-corrected chi connectivity index (χ1v) is 5.06. The molecule has 1 aromatic carbocycles. The second kappa shape index (κ2) is 5.61. The van der Waals surface area contributed by atoms with E-state index in [1.165, 1.54) is 12.1 Å². The molecule has 0 bridgehead atoms. The molecule has 0 aliphatic heterocycles. The summed E-state index contributed by atoms with van der Waals surface area (Å²) in [5.74, 6) is -1.65. The Balaban J connectivity index is 2.73. The van der Waals surface area contributed by atoms with Gasteiger partial charge in [-0.25, -0.2) is 4.39 Å². The quantitative estimate of drug-likeness (QED) is 0.465. The van der Waals surface area contributed by atoms with Crippen LogP contribution in [0.25, 0.3) is 0 Å². The number of Topliss-reactive ketones (excluding diaryl/α,β-unsaturated/α-hetero) is 1. The van der Waals surface area contributed by atoms with E-state index in [-0.39, 0.29) is 23.6 Å². The van der Waals surface area contributed by atoms with Gasteiger partial charge in [0.25, 0.3) is 0 Å². The SMILES string of the molecule is CCOC(=O)CC(=O)c1ccc(F)c(Cl)c1. The van der Waals surface area contributed by atoms with E-state index < -0.39 is 17.6 Å². The summed E-state index contributed by atoms with van der Waals surface area (Å²) in [4.78, 5) is 22.5. The van der Waals surface area contributed by atoms with Crippen LogP contribution in [0.2, 0.25) is 5.02 Å². The number of carbonyl (C=O) groups excluding carboxylic acids is 2. The van der Waals surface area contributed by atoms with Gasteiger partial charge in [0.1, 0.15) is 12.2 Å². The minimum Gasteiger partial charge on any atom is -0.466 e. The van der Waals surface area contributed by atoms with E-state index in [1.807, 2.05) is 0 Å². The van der Waals surface area contributed by atoms with E-state index in [0.717, 1.165) is 6.07 Å². The summed E-state index contributed by atoms with van der Waals surface area (Å²) < 4.78 is 17.4. The van der Waals surface area contributed by atoms with Gasteiger partial charge in [-0.3, -0.25) is 9.59 Å². The van der Waals surface area contributed by atoms with Crippen molar-refractivity contribution in [3.05, 3.63) is 34.6 Å². The number of hydrogen-bond donors (Lipinski definition) is 0. The van der Waals surface area contributed by atoms with E-state index >= 15 is 0 Å². The fourth-order valence-corrected chi connectivity index (χ4v) is 1.30. The zero-order valence-corrected chi connectivity index (χ0v) is 9.38. The fraction of sp³-hybridized carbons (Fsp3) is 0.273. The smallest absolute Gasteiger partial charge is 0.313 e. The van der Waals surface area contributed by atoms with E-state index in [1.54, 1.807) is 6.92 Å². The second-order valence-corrected chi connectivity index (χ2v) is 3.44. The van der Waals surface area contributed by atoms with Gasteiger partial charge in [0.05, 0.1) is 11.6 Å². The Labute approximate surface area is 97.2 Å². The topological polar surface area (TPSA) is 43.4 Å². The first kappa shape index (κ1) is 12.6. The number of rotatable bonds is 4. The molecule has 0 aliphatic carbocycles. The van der Waals surface area contributed by atoms with Crippen LogP contribution in [0.15, 0.2) is 18.2 Å². The Morgan fingerprint density at radius 3 is 2.69 bits per heavy atom. The zero-order valence-electron chi connectivity index (χ0n) is 8.63. The van der Waals surface area contributed by atoms with Gasteiger partial charge in [-0.2, -0.15) is 0 Å². The van der Waals surface area contributed by atoms with Crippen molar-refractivity contribution in [2.75, 3.05) is 6.61 Å². The largest absolute Gasteiger partial charge is 0.466 e. The lowest BCUT2D eigenvalue weighted by Gasteiger charge is -2.02. The first-order valence-electron chi connectivity index (χ1n) is 4.68. The Kier molecular flexibility index (Phi) is 4.43. The summed E-state index contributed by atoms with van der Waals surface area (Å²) in [5.41, 5.74) is 0.194. The van der Waals surface area contributed by atoms with Crippen molar-refractivity contribution in [1.82, 2.24) is 0 Å². The fourth-order valence-electron chi connectivity index (χ4n) is 1.11. The number of benzene rings is 1. The zero-order chi connectivity index (χ0) is 12.1. The van der Waals surface area contributed by atoms with Crippen LogP contribution in [0.5, 0.6) is 0 Å². The van der Waals surface area contributed by atoms with Gasteiger partial charge >= 0.3 is 5.97 Å². The number of esters is 1. The summed E-state index contributed by atoms with van der Waals surface area (Å²) >= 11 is 5.51. The minimum atomic E-state index is -0.604. The highest BCUT2D eigenvalue weighted by Crippen LogP contribution is 2.17. The highest BCUT2D eigenvalue weighted by atomic mass is 35.5. The molecule has 16 heavy (non-hydrogen) atoms. The number of ketones is 1. The summed E-state index contributed by atoms with van der Waals surface area (Å²) in [5, 5.41) is -0.144. The Morgan fingerprint density at radius 2 is 2.12 bits per heavy atom. The van der Waals surface area contributed by atoms with Gasteiger partial charge in [0.15, 0.2) is 5.78 Å². The third-order valence-corrected chi connectivity index (χ3v) is 2.14. The lowest BCUT2D eigenvalue weighted by atomic mass is 10.1. The van der Waals surface area contributed by atoms with E-state index in [0.29, 0.717) is 0 Å². The molecule has 0 saturated carbocycles. The molecular formula is C11H10ClFO3. The molecule has 0 aliphatic rings. The second-order valence-electron chi connectivity index (χ2n) is 3.03. The molecule has 1 rings (SSSR count). The summed E-state index contributed by atoms with van der Waals surface area (Å²) in [6.07, 6.45) is -0.365. The van der Waals surface area contributed by atoms with Gasteiger partial charge in [0, 0.05) is 5.56 Å². The minimum absolute atomic E-state index is 0.144. The van der Waals surface area contributed by atoms with Crippen molar-refractivity contribution in [2.24, 2.45) is 0 Å². The third kappa shape index (κ3) is 3.31. The molecule has 0 amide bonds. The summed E-state index contributed by atoms with van der Waals surface area (Å²) in [6.45, 7) is 1.87. The normalized spacial score (nSPS) is 9.94. The van der Waals surface area contributed by atoms with Crippen molar-refractivity contribution in [3.8, 4) is 0 Å². The third-order valence-electron chi connectivity index (χ3n) is 1.85. The number of ether oxygens (including phenoxy) is 1. The maximum atomic E-state index is 12.8. The number of carbonyl (C=O) groups is 2. The Morgan fingerprint density at radius 1 is 1.44 bits per heavy atom. The van der Waals surface area contributed by atoms with Gasteiger partial charge in [0.2, 0.25) is 0 Å². The van der Waals surface area contributed by atoms with Crippen LogP contribution in [0.1, 0.15) is 23.7 Å². The Hall–Kier alpha value is -1.42. The molecule has 86 valence electrons. The van der Waals surface area contributed by atoms with Gasteiger partial charge in [-0.05, 0) is 25.1 Å². The number of hydrogen-bond acceptors (Lipinski definition) is 3. The molecule has 0 heterocycles. The van der Waals surface area contributed by atoms with Crippen LogP contribution in [0.4, 0.5) is 4.39 Å². The predicted octanol–water partition coefficient (Wildman–Crippen LogP) is 2.62. The van der Waals surface area contributed by atoms with E-state index in [9.17, 15) is 14.0 Å². The molecule has 0 fully saturated rings. The average Bonchev–Trinajstić information content (AvgIpc) is 2.22. The summed E-state index contributed by atoms with van der Waals surface area (Å²) in [7, 11) is 0. The molecule has 1 aromatic rings. The molecule has 3 nitrogen and oxygen atoms in total. The van der Waals surface area contributed by atoms with Crippen molar-refractivity contribution >= 4 is 23.4 Å². The van der Waals surface area contributed by atoms with Gasteiger partial charge < -0.3 is 4.74 Å². The molecule has 0 N–H and O–H groups in total. The van der Waals surface area contributed by atoms with E-state index in [4.69, 9.17) is 11.6 Å². The van der Waals surface area contributed by atoms with Crippen LogP contribution < -0.4 is 0 Å². The molecule has 5 heteroatoms. The van der Waals surface area contributed by atoms with Crippen molar-refractivity contribution < 1.29 is 18.7 Å². The molecule has 0 unspecified atom stereocenters. The highest BCUT2D eigenvalue weighted by molar-refractivity contribution is 6.31. The molecule has 0 saturated heterocycles. The number of halogens is 2.